The van der Waals surface area contributed by atoms with Crippen molar-refractivity contribution in [1.82, 2.24) is 15.3 Å². The third kappa shape index (κ3) is 6.18. The Morgan fingerprint density at radius 1 is 1.20 bits per heavy atom. The summed E-state index contributed by atoms with van der Waals surface area (Å²) in [6.07, 6.45) is 7.74. The standard InChI is InChI=1S/C12H21N3/c1-12(2,3)5-4-6-13-7-11-8-14-10-15-9-11/h8-10,13H,4-7H2,1-3H3. The summed E-state index contributed by atoms with van der Waals surface area (Å²) in [6.45, 7) is 8.76. The Morgan fingerprint density at radius 2 is 1.87 bits per heavy atom. The van der Waals surface area contributed by atoms with Crippen LogP contribution in [-0.4, -0.2) is 16.5 Å². The van der Waals surface area contributed by atoms with E-state index in [4.69, 9.17) is 0 Å². The highest BCUT2D eigenvalue weighted by Gasteiger charge is 2.08. The minimum atomic E-state index is 0.442. The largest absolute Gasteiger partial charge is 0.313 e. The molecule has 0 bridgehead atoms. The van der Waals surface area contributed by atoms with E-state index in [9.17, 15) is 0 Å². The molecule has 0 unspecified atom stereocenters. The average Bonchev–Trinajstić information content (AvgIpc) is 2.17. The first-order valence-electron chi connectivity index (χ1n) is 5.52. The maximum Gasteiger partial charge on any atom is 0.115 e. The zero-order valence-corrected chi connectivity index (χ0v) is 9.95. The third-order valence-corrected chi connectivity index (χ3v) is 2.22. The van der Waals surface area contributed by atoms with Gasteiger partial charge in [-0.05, 0) is 24.8 Å². The van der Waals surface area contributed by atoms with Crippen molar-refractivity contribution >= 4 is 0 Å². The minimum absolute atomic E-state index is 0.442. The molecule has 1 N–H and O–H groups in total. The fourth-order valence-corrected chi connectivity index (χ4v) is 1.40. The molecule has 0 saturated carbocycles. The number of aromatic nitrogens is 2. The molecule has 0 aliphatic rings. The summed E-state index contributed by atoms with van der Waals surface area (Å²) in [5.74, 6) is 0. The summed E-state index contributed by atoms with van der Waals surface area (Å²) in [7, 11) is 0. The van der Waals surface area contributed by atoms with Gasteiger partial charge in [-0.15, -0.1) is 0 Å². The van der Waals surface area contributed by atoms with Crippen LogP contribution in [0.3, 0.4) is 0 Å². The molecule has 0 radical (unpaired) electrons. The molecule has 1 aromatic heterocycles. The van der Waals surface area contributed by atoms with Crippen LogP contribution in [-0.2, 0) is 6.54 Å². The van der Waals surface area contributed by atoms with Crippen molar-refractivity contribution in [3.05, 3.63) is 24.3 Å². The Labute approximate surface area is 92.3 Å². The molecule has 0 aliphatic heterocycles. The number of nitrogens with one attached hydrogen (secondary N) is 1. The maximum absolute atomic E-state index is 3.97. The van der Waals surface area contributed by atoms with Gasteiger partial charge in [0.15, 0.2) is 0 Å². The van der Waals surface area contributed by atoms with Crippen molar-refractivity contribution in [2.75, 3.05) is 6.54 Å². The number of nitrogens with zero attached hydrogens (tertiary/aromatic N) is 2. The topological polar surface area (TPSA) is 37.8 Å². The molecule has 0 aliphatic carbocycles. The van der Waals surface area contributed by atoms with Crippen LogP contribution in [0.25, 0.3) is 0 Å². The lowest BCUT2D eigenvalue weighted by Gasteiger charge is -2.17. The van der Waals surface area contributed by atoms with E-state index in [1.54, 1.807) is 6.33 Å². The molecule has 0 saturated heterocycles. The number of hydrogen-bond acceptors (Lipinski definition) is 3. The lowest BCUT2D eigenvalue weighted by Crippen LogP contribution is -2.17. The SMILES string of the molecule is CC(C)(C)CCCNCc1cncnc1. The van der Waals surface area contributed by atoms with Crippen molar-refractivity contribution in [1.29, 1.82) is 0 Å². The predicted octanol–water partition coefficient (Wildman–Crippen LogP) is 2.39. The number of hydrogen-bond donors (Lipinski definition) is 1. The van der Waals surface area contributed by atoms with Crippen LogP contribution < -0.4 is 5.32 Å². The van der Waals surface area contributed by atoms with E-state index < -0.39 is 0 Å². The highest BCUT2D eigenvalue weighted by molar-refractivity contribution is 5.01. The molecule has 0 aromatic carbocycles. The lowest BCUT2D eigenvalue weighted by atomic mass is 9.91. The second-order valence-corrected chi connectivity index (χ2v) is 5.09. The van der Waals surface area contributed by atoms with Crippen LogP contribution >= 0.6 is 0 Å². The van der Waals surface area contributed by atoms with Crippen LogP contribution in [0.4, 0.5) is 0 Å². The Balaban J connectivity index is 2.08. The lowest BCUT2D eigenvalue weighted by molar-refractivity contribution is 0.361. The molecule has 3 nitrogen and oxygen atoms in total. The van der Waals surface area contributed by atoms with E-state index in [0.29, 0.717) is 5.41 Å². The number of rotatable bonds is 5. The third-order valence-electron chi connectivity index (χ3n) is 2.22. The molecule has 1 rings (SSSR count). The van der Waals surface area contributed by atoms with Crippen molar-refractivity contribution in [2.45, 2.75) is 40.2 Å². The van der Waals surface area contributed by atoms with E-state index in [1.807, 2.05) is 12.4 Å². The molecule has 0 atom stereocenters. The smallest absolute Gasteiger partial charge is 0.115 e. The van der Waals surface area contributed by atoms with Crippen molar-refractivity contribution in [3.63, 3.8) is 0 Å². The van der Waals surface area contributed by atoms with Gasteiger partial charge in [0.1, 0.15) is 6.33 Å². The van der Waals surface area contributed by atoms with E-state index >= 15 is 0 Å². The minimum Gasteiger partial charge on any atom is -0.313 e. The molecule has 0 fully saturated rings. The van der Waals surface area contributed by atoms with Crippen LogP contribution in [0.1, 0.15) is 39.2 Å². The van der Waals surface area contributed by atoms with Crippen LogP contribution in [0.5, 0.6) is 0 Å². The van der Waals surface area contributed by atoms with Gasteiger partial charge in [0.05, 0.1) is 0 Å². The normalized spacial score (nSPS) is 11.7. The van der Waals surface area contributed by atoms with Crippen LogP contribution in [0, 0.1) is 5.41 Å². The second-order valence-electron chi connectivity index (χ2n) is 5.09. The summed E-state index contributed by atoms with van der Waals surface area (Å²) >= 11 is 0. The van der Waals surface area contributed by atoms with Gasteiger partial charge in [-0.1, -0.05) is 20.8 Å². The van der Waals surface area contributed by atoms with Gasteiger partial charge in [-0.3, -0.25) is 0 Å². The molecular formula is C12H21N3. The molecule has 1 aromatic rings. The summed E-state index contributed by atoms with van der Waals surface area (Å²) in [4.78, 5) is 7.94. The van der Waals surface area contributed by atoms with Crippen molar-refractivity contribution in [2.24, 2.45) is 5.41 Å². The van der Waals surface area contributed by atoms with Crippen LogP contribution in [0.15, 0.2) is 18.7 Å². The first-order valence-corrected chi connectivity index (χ1v) is 5.52. The Bertz CT molecular complexity index is 264. The summed E-state index contributed by atoms with van der Waals surface area (Å²) in [5.41, 5.74) is 1.59. The van der Waals surface area contributed by atoms with Crippen LogP contribution in [0.2, 0.25) is 0 Å². The predicted molar refractivity (Wildman–Crippen MR) is 62.4 cm³/mol. The van der Waals surface area contributed by atoms with Gasteiger partial charge >= 0.3 is 0 Å². The molecule has 3 heteroatoms. The van der Waals surface area contributed by atoms with Gasteiger partial charge in [-0.2, -0.15) is 0 Å². The van der Waals surface area contributed by atoms with Gasteiger partial charge < -0.3 is 5.32 Å². The van der Waals surface area contributed by atoms with E-state index in [1.165, 1.54) is 12.8 Å². The van der Waals surface area contributed by atoms with Gasteiger partial charge in [0, 0.05) is 24.5 Å². The Morgan fingerprint density at radius 3 is 2.47 bits per heavy atom. The average molecular weight is 207 g/mol. The van der Waals surface area contributed by atoms with Gasteiger partial charge in [-0.25, -0.2) is 9.97 Å². The van der Waals surface area contributed by atoms with E-state index in [2.05, 4.69) is 36.1 Å². The molecule has 84 valence electrons. The summed E-state index contributed by atoms with van der Waals surface area (Å²) in [5, 5.41) is 3.39. The van der Waals surface area contributed by atoms with E-state index in [-0.39, 0.29) is 0 Å². The fourth-order valence-electron chi connectivity index (χ4n) is 1.40. The summed E-state index contributed by atoms with van der Waals surface area (Å²) < 4.78 is 0. The zero-order valence-electron chi connectivity index (χ0n) is 9.95. The van der Waals surface area contributed by atoms with Crippen molar-refractivity contribution < 1.29 is 0 Å². The molecule has 0 amide bonds. The van der Waals surface area contributed by atoms with Crippen molar-refractivity contribution in [3.8, 4) is 0 Å². The molecular weight excluding hydrogens is 186 g/mol. The molecule has 15 heavy (non-hydrogen) atoms. The highest BCUT2D eigenvalue weighted by Crippen LogP contribution is 2.19. The monoisotopic (exact) mass is 207 g/mol. The summed E-state index contributed by atoms with van der Waals surface area (Å²) in [6, 6.07) is 0. The second kappa shape index (κ2) is 5.81. The maximum atomic E-state index is 3.97. The zero-order chi connectivity index (χ0) is 11.1. The fraction of sp³-hybridized carbons (Fsp3) is 0.667. The van der Waals surface area contributed by atoms with Gasteiger partial charge in [0.25, 0.3) is 0 Å². The van der Waals surface area contributed by atoms with Gasteiger partial charge in [0.2, 0.25) is 0 Å². The molecule has 0 spiro atoms. The quantitative estimate of drug-likeness (QED) is 0.753. The first-order chi connectivity index (χ1) is 7.08. The Hall–Kier alpha value is -0.960. The molecule has 1 heterocycles. The first kappa shape index (κ1) is 12.1. The highest BCUT2D eigenvalue weighted by atomic mass is 14.9. The Kier molecular flexibility index (Phi) is 4.69. The van der Waals surface area contributed by atoms with E-state index in [0.717, 1.165) is 18.7 Å².